The Morgan fingerprint density at radius 3 is 2.40 bits per heavy atom. The number of rotatable bonds is 3. The molecule has 2 aromatic carbocycles. The van der Waals surface area contributed by atoms with Gasteiger partial charge in [-0.15, -0.1) is 0 Å². The Hall–Kier alpha value is -3.98. The molecular weight excluding hydrogens is 408 g/mol. The number of aromatic nitrogens is 4. The second-order valence-corrected chi connectivity index (χ2v) is 6.83. The molecule has 0 aliphatic carbocycles. The van der Waals surface area contributed by atoms with Crippen molar-refractivity contribution in [3.05, 3.63) is 81.4 Å². The fourth-order valence-corrected chi connectivity index (χ4v) is 3.13. The number of carbonyl (C=O) groups is 2. The lowest BCUT2D eigenvalue weighted by Crippen LogP contribution is -2.42. The Labute approximate surface area is 174 Å². The highest BCUT2D eigenvalue weighted by Gasteiger charge is 2.19. The lowest BCUT2D eigenvalue weighted by atomic mass is 10.1. The smallest absolute Gasteiger partial charge is 0.277 e. The van der Waals surface area contributed by atoms with Crippen molar-refractivity contribution >= 4 is 34.2 Å². The summed E-state index contributed by atoms with van der Waals surface area (Å²) in [6, 6.07) is 13.5. The number of amides is 2. The number of carbonyl (C=O) groups excluding carboxylic acids is 2. The summed E-state index contributed by atoms with van der Waals surface area (Å²) in [5.41, 5.74) is 5.79. The number of aromatic amines is 1. The van der Waals surface area contributed by atoms with Gasteiger partial charge in [0.05, 0.1) is 22.8 Å². The Bertz CT molecular complexity index is 1330. The first kappa shape index (κ1) is 19.3. The molecule has 3 N–H and O–H groups in total. The normalized spacial score (nSPS) is 10.7. The summed E-state index contributed by atoms with van der Waals surface area (Å²) in [5.74, 6) is -1.23. The summed E-state index contributed by atoms with van der Waals surface area (Å²) in [4.78, 5) is 37.4. The maximum atomic E-state index is 12.6. The van der Waals surface area contributed by atoms with Gasteiger partial charge in [0.15, 0.2) is 5.69 Å². The van der Waals surface area contributed by atoms with Crippen LogP contribution in [-0.4, -0.2) is 31.8 Å². The van der Waals surface area contributed by atoms with E-state index in [1.807, 2.05) is 0 Å². The van der Waals surface area contributed by atoms with E-state index in [0.29, 0.717) is 27.1 Å². The highest BCUT2D eigenvalue weighted by molar-refractivity contribution is 6.30. The molecule has 0 aliphatic heterocycles. The molecule has 4 rings (SSSR count). The van der Waals surface area contributed by atoms with Gasteiger partial charge in [0.1, 0.15) is 0 Å². The van der Waals surface area contributed by atoms with Crippen molar-refractivity contribution in [3.8, 4) is 11.3 Å². The number of hydrogen-bond donors (Lipinski definition) is 3. The number of fused-ring (bicyclic) bond motifs is 1. The maximum Gasteiger partial charge on any atom is 0.290 e. The van der Waals surface area contributed by atoms with Gasteiger partial charge < -0.3 is 0 Å². The summed E-state index contributed by atoms with van der Waals surface area (Å²) in [7, 11) is 1.45. The molecule has 0 radical (unpaired) electrons. The highest BCUT2D eigenvalue weighted by atomic mass is 35.5. The molecule has 0 fully saturated rings. The average Bonchev–Trinajstić information content (AvgIpc) is 3.25. The van der Waals surface area contributed by atoms with Gasteiger partial charge in [-0.1, -0.05) is 41.9 Å². The molecular formula is C20H15ClN6O3. The van der Waals surface area contributed by atoms with E-state index >= 15 is 0 Å². The first-order valence-electron chi connectivity index (χ1n) is 8.81. The summed E-state index contributed by atoms with van der Waals surface area (Å²) >= 11 is 5.90. The standard InChI is InChI=1S/C20H15ClN6O3/c1-27-20(30)14-5-3-2-4-13(14)17(26-27)19(29)25-24-18(28)15-10-22-23-16(15)11-6-8-12(21)9-7-11/h2-10H,1H3,(H,22,23)(H,24,28)(H,25,29). The molecule has 4 aromatic rings. The molecule has 2 aromatic heterocycles. The lowest BCUT2D eigenvalue weighted by Gasteiger charge is -2.10. The van der Waals surface area contributed by atoms with Crippen molar-refractivity contribution in [1.29, 1.82) is 0 Å². The van der Waals surface area contributed by atoms with E-state index in [0.717, 1.165) is 4.68 Å². The number of nitrogens with zero attached hydrogens (tertiary/aromatic N) is 3. The van der Waals surface area contributed by atoms with E-state index in [1.54, 1.807) is 48.5 Å². The van der Waals surface area contributed by atoms with Crippen molar-refractivity contribution in [1.82, 2.24) is 30.8 Å². The van der Waals surface area contributed by atoms with Gasteiger partial charge in [-0.2, -0.15) is 10.2 Å². The fourth-order valence-electron chi connectivity index (χ4n) is 3.00. The molecule has 9 nitrogen and oxygen atoms in total. The molecule has 10 heteroatoms. The zero-order valence-electron chi connectivity index (χ0n) is 15.6. The molecule has 0 saturated heterocycles. The molecule has 0 atom stereocenters. The lowest BCUT2D eigenvalue weighted by molar-refractivity contribution is 0.0844. The second kappa shape index (κ2) is 7.80. The number of H-pyrrole nitrogens is 1. The van der Waals surface area contributed by atoms with Crippen LogP contribution in [0.3, 0.4) is 0 Å². The molecule has 0 unspecified atom stereocenters. The predicted octanol–water partition coefficient (Wildman–Crippen LogP) is 2.05. The minimum Gasteiger partial charge on any atom is -0.277 e. The van der Waals surface area contributed by atoms with Crippen LogP contribution >= 0.6 is 11.6 Å². The third kappa shape index (κ3) is 3.53. The zero-order chi connectivity index (χ0) is 21.3. The van der Waals surface area contributed by atoms with Crippen molar-refractivity contribution in [2.45, 2.75) is 0 Å². The first-order chi connectivity index (χ1) is 14.5. The van der Waals surface area contributed by atoms with Crippen molar-refractivity contribution in [2.75, 3.05) is 0 Å². The van der Waals surface area contributed by atoms with Gasteiger partial charge in [-0.25, -0.2) is 4.68 Å². The fraction of sp³-hybridized carbons (Fsp3) is 0.0500. The summed E-state index contributed by atoms with van der Waals surface area (Å²) < 4.78 is 1.08. The largest absolute Gasteiger partial charge is 0.290 e. The number of hydrogen-bond acceptors (Lipinski definition) is 5. The van der Waals surface area contributed by atoms with E-state index in [1.165, 1.54) is 13.2 Å². The van der Waals surface area contributed by atoms with E-state index in [4.69, 9.17) is 11.6 Å². The average molecular weight is 423 g/mol. The summed E-state index contributed by atoms with van der Waals surface area (Å²) in [5, 5.41) is 12.0. The number of hydrazine groups is 1. The topological polar surface area (TPSA) is 122 Å². The Kier molecular flexibility index (Phi) is 5.03. The second-order valence-electron chi connectivity index (χ2n) is 6.40. The van der Waals surface area contributed by atoms with Gasteiger partial charge in [-0.05, 0) is 18.2 Å². The van der Waals surface area contributed by atoms with Crippen LogP contribution in [0.5, 0.6) is 0 Å². The Morgan fingerprint density at radius 1 is 1.00 bits per heavy atom. The van der Waals surface area contributed by atoms with E-state index in [9.17, 15) is 14.4 Å². The van der Waals surface area contributed by atoms with E-state index < -0.39 is 11.8 Å². The van der Waals surface area contributed by atoms with Crippen molar-refractivity contribution in [3.63, 3.8) is 0 Å². The number of aryl methyl sites for hydroxylation is 1. The molecule has 150 valence electrons. The Balaban J connectivity index is 1.56. The van der Waals surface area contributed by atoms with Gasteiger partial charge in [0.2, 0.25) is 0 Å². The summed E-state index contributed by atoms with van der Waals surface area (Å²) in [6.45, 7) is 0. The number of halogens is 1. The molecule has 2 heterocycles. The van der Waals surface area contributed by atoms with Crippen LogP contribution in [0.4, 0.5) is 0 Å². The van der Waals surface area contributed by atoms with Crippen LogP contribution in [-0.2, 0) is 7.05 Å². The molecule has 0 saturated carbocycles. The SMILES string of the molecule is Cn1nc(C(=O)NNC(=O)c2cn[nH]c2-c2ccc(Cl)cc2)c2ccccc2c1=O. The van der Waals surface area contributed by atoms with Gasteiger partial charge >= 0.3 is 0 Å². The predicted molar refractivity (Wildman–Crippen MR) is 111 cm³/mol. The molecule has 0 spiro atoms. The van der Waals surface area contributed by atoms with Crippen LogP contribution in [0.1, 0.15) is 20.8 Å². The van der Waals surface area contributed by atoms with E-state index in [-0.39, 0.29) is 16.8 Å². The van der Waals surface area contributed by atoms with Crippen LogP contribution < -0.4 is 16.4 Å². The van der Waals surface area contributed by atoms with Crippen LogP contribution in [0.2, 0.25) is 5.02 Å². The quantitative estimate of drug-likeness (QED) is 0.436. The third-order valence-corrected chi connectivity index (χ3v) is 4.73. The van der Waals surface area contributed by atoms with Crippen molar-refractivity contribution < 1.29 is 9.59 Å². The molecule has 0 bridgehead atoms. The van der Waals surface area contributed by atoms with Gasteiger partial charge in [0, 0.05) is 23.0 Å². The minimum absolute atomic E-state index is 0.0121. The first-order valence-corrected chi connectivity index (χ1v) is 9.19. The van der Waals surface area contributed by atoms with Crippen LogP contribution in [0.15, 0.2) is 59.5 Å². The number of nitrogens with one attached hydrogen (secondary N) is 3. The molecule has 30 heavy (non-hydrogen) atoms. The Morgan fingerprint density at radius 2 is 1.67 bits per heavy atom. The van der Waals surface area contributed by atoms with Crippen LogP contribution in [0, 0.1) is 0 Å². The zero-order valence-corrected chi connectivity index (χ0v) is 16.4. The third-order valence-electron chi connectivity index (χ3n) is 4.48. The molecule has 2 amide bonds. The maximum absolute atomic E-state index is 12.6. The van der Waals surface area contributed by atoms with E-state index in [2.05, 4.69) is 26.1 Å². The minimum atomic E-state index is -0.660. The number of benzene rings is 2. The van der Waals surface area contributed by atoms with Crippen molar-refractivity contribution in [2.24, 2.45) is 7.05 Å². The monoisotopic (exact) mass is 422 g/mol. The van der Waals surface area contributed by atoms with Gasteiger partial charge in [0.25, 0.3) is 17.4 Å². The highest BCUT2D eigenvalue weighted by Crippen LogP contribution is 2.22. The summed E-state index contributed by atoms with van der Waals surface area (Å²) in [6.07, 6.45) is 1.35. The van der Waals surface area contributed by atoms with Gasteiger partial charge in [-0.3, -0.25) is 30.3 Å². The molecule has 0 aliphatic rings. The van der Waals surface area contributed by atoms with Crippen LogP contribution in [0.25, 0.3) is 22.0 Å².